The molecule has 4 rings (SSSR count). The molecule has 1 saturated heterocycles. The first-order valence-corrected chi connectivity index (χ1v) is 12.6. The van der Waals surface area contributed by atoms with Crippen molar-refractivity contribution in [3.63, 3.8) is 0 Å². The Hall–Kier alpha value is -3.11. The summed E-state index contributed by atoms with van der Waals surface area (Å²) >= 11 is 0. The lowest BCUT2D eigenvalue weighted by atomic mass is 10.00. The van der Waals surface area contributed by atoms with Crippen LogP contribution in [0.25, 0.3) is 11.1 Å². The van der Waals surface area contributed by atoms with Crippen LogP contribution in [0.5, 0.6) is 5.75 Å². The minimum absolute atomic E-state index is 0.0346. The molecule has 0 unspecified atom stereocenters. The zero-order valence-corrected chi connectivity index (χ0v) is 21.3. The maximum Gasteiger partial charge on any atom is 0.432 e. The van der Waals surface area contributed by atoms with Crippen molar-refractivity contribution < 1.29 is 44.9 Å². The van der Waals surface area contributed by atoms with Gasteiger partial charge in [0.1, 0.15) is 22.9 Å². The van der Waals surface area contributed by atoms with Gasteiger partial charge in [-0.25, -0.2) is 22.0 Å². The van der Waals surface area contributed by atoms with E-state index in [9.17, 15) is 30.7 Å². The van der Waals surface area contributed by atoms with Gasteiger partial charge in [-0.1, -0.05) is 50.5 Å². The van der Waals surface area contributed by atoms with Gasteiger partial charge >= 0.3 is 6.11 Å². The van der Waals surface area contributed by atoms with Crippen molar-refractivity contribution in [1.82, 2.24) is 0 Å². The average molecular weight is 557 g/mol. The number of unbranched alkanes of at least 4 members (excludes halogenated alkanes) is 2. The van der Waals surface area contributed by atoms with E-state index in [2.05, 4.69) is 11.7 Å². The summed E-state index contributed by atoms with van der Waals surface area (Å²) in [4.78, 5) is 0. The Morgan fingerprint density at radius 3 is 2.03 bits per heavy atom. The summed E-state index contributed by atoms with van der Waals surface area (Å²) in [6.07, 6.45) is -0.829. The molecule has 210 valence electrons. The molecular weight excluding hydrogens is 529 g/mol. The van der Waals surface area contributed by atoms with Crippen molar-refractivity contribution in [2.45, 2.75) is 51.9 Å². The van der Waals surface area contributed by atoms with Crippen molar-refractivity contribution in [1.29, 1.82) is 0 Å². The average Bonchev–Trinajstić information content (AvgIpc) is 2.90. The molecule has 0 N–H and O–H groups in total. The number of rotatable bonds is 9. The van der Waals surface area contributed by atoms with Crippen LogP contribution in [0.15, 0.2) is 42.5 Å². The van der Waals surface area contributed by atoms with Gasteiger partial charge in [-0.3, -0.25) is 0 Å². The second kappa shape index (κ2) is 12.0. The fourth-order valence-corrected chi connectivity index (χ4v) is 4.40. The van der Waals surface area contributed by atoms with Crippen LogP contribution in [-0.2, 0) is 15.6 Å². The second-order valence-electron chi connectivity index (χ2n) is 9.53. The van der Waals surface area contributed by atoms with E-state index in [0.717, 1.165) is 32.6 Å². The molecule has 0 atom stereocenters. The Kier molecular flexibility index (Phi) is 8.86. The van der Waals surface area contributed by atoms with E-state index in [1.807, 2.05) is 0 Å². The van der Waals surface area contributed by atoms with Crippen LogP contribution in [0.2, 0.25) is 0 Å². The molecule has 1 fully saturated rings. The summed E-state index contributed by atoms with van der Waals surface area (Å²) in [6, 6.07) is 7.96. The number of halogens is 7. The molecule has 0 amide bonds. The Balaban J connectivity index is 1.49. The summed E-state index contributed by atoms with van der Waals surface area (Å²) in [5.41, 5.74) is -1.56. The van der Waals surface area contributed by atoms with Crippen molar-refractivity contribution in [2.75, 3.05) is 13.2 Å². The third-order valence-corrected chi connectivity index (χ3v) is 6.63. The number of ether oxygens (including phenoxy) is 3. The molecule has 0 aromatic heterocycles. The highest BCUT2D eigenvalue weighted by molar-refractivity contribution is 5.64. The molecule has 1 aliphatic rings. The number of hydrogen-bond donors (Lipinski definition) is 0. The van der Waals surface area contributed by atoms with E-state index in [4.69, 9.17) is 9.47 Å². The smallest absolute Gasteiger partial charge is 0.428 e. The van der Waals surface area contributed by atoms with Gasteiger partial charge in [0.25, 0.3) is 0 Å². The molecule has 0 aliphatic carbocycles. The normalized spacial score (nSPS) is 17.9. The van der Waals surface area contributed by atoms with Gasteiger partial charge in [-0.05, 0) is 36.6 Å². The molecule has 0 saturated carbocycles. The predicted molar refractivity (Wildman–Crippen MR) is 130 cm³/mol. The molecule has 0 spiro atoms. The van der Waals surface area contributed by atoms with Gasteiger partial charge in [0.2, 0.25) is 0 Å². The van der Waals surface area contributed by atoms with Crippen LogP contribution in [0.3, 0.4) is 0 Å². The molecule has 0 radical (unpaired) electrons. The molecule has 39 heavy (non-hydrogen) atoms. The Bertz CT molecular complexity index is 1280. The lowest BCUT2D eigenvalue weighted by Crippen LogP contribution is -2.27. The highest BCUT2D eigenvalue weighted by Gasteiger charge is 2.42. The van der Waals surface area contributed by atoms with Gasteiger partial charge in [0.05, 0.1) is 13.2 Å². The van der Waals surface area contributed by atoms with E-state index in [1.54, 1.807) is 24.3 Å². The summed E-state index contributed by atoms with van der Waals surface area (Å²) in [5, 5.41) is 0. The van der Waals surface area contributed by atoms with Crippen LogP contribution in [0.4, 0.5) is 30.7 Å². The van der Waals surface area contributed by atoms with Crippen molar-refractivity contribution >= 4 is 0 Å². The monoisotopic (exact) mass is 556 g/mol. The van der Waals surface area contributed by atoms with E-state index < -0.39 is 58.4 Å². The molecule has 3 aromatic rings. The first kappa shape index (κ1) is 28.9. The van der Waals surface area contributed by atoms with E-state index >= 15 is 0 Å². The van der Waals surface area contributed by atoms with Crippen LogP contribution in [-0.4, -0.2) is 13.2 Å². The minimum atomic E-state index is -4.66. The van der Waals surface area contributed by atoms with Gasteiger partial charge in [-0.15, -0.1) is 0 Å². The SMILES string of the molecule is CCCCCC1COC(c2ccc(-c3cc(F)c(C(F)(F)Oc4cc(F)c(F)c(F)c4C)c(F)c3)cc2)OC1. The van der Waals surface area contributed by atoms with Crippen LogP contribution in [0, 0.1) is 41.9 Å². The molecule has 1 heterocycles. The molecule has 10 heteroatoms. The Labute approximate surface area is 221 Å². The molecular formula is C29H27F7O3. The largest absolute Gasteiger partial charge is 0.432 e. The molecule has 3 nitrogen and oxygen atoms in total. The highest BCUT2D eigenvalue weighted by atomic mass is 19.3. The number of benzene rings is 3. The molecule has 0 bridgehead atoms. The van der Waals surface area contributed by atoms with Gasteiger partial charge in [0, 0.05) is 23.1 Å². The summed E-state index contributed by atoms with van der Waals surface area (Å²) in [5.74, 6) is -9.50. The summed E-state index contributed by atoms with van der Waals surface area (Å²) in [6.45, 7) is 4.11. The first-order chi connectivity index (χ1) is 18.5. The standard InChI is InChI=1S/C29H27F7O3/c1-3-4-5-6-17-14-37-28(38-15-17)19-9-7-18(8-10-19)20-11-21(30)25(22(31)12-20)29(35,36)39-24-13-23(32)27(34)26(33)16(24)2/h7-13,17,28H,3-6,14-15H2,1-2H3. The topological polar surface area (TPSA) is 27.7 Å². The zero-order valence-electron chi connectivity index (χ0n) is 21.3. The maximum atomic E-state index is 14.8. The fraction of sp³-hybridized carbons (Fsp3) is 0.379. The van der Waals surface area contributed by atoms with Crippen molar-refractivity contribution in [3.8, 4) is 16.9 Å². The van der Waals surface area contributed by atoms with Crippen LogP contribution < -0.4 is 4.74 Å². The van der Waals surface area contributed by atoms with E-state index in [-0.39, 0.29) is 11.6 Å². The fourth-order valence-electron chi connectivity index (χ4n) is 4.40. The van der Waals surface area contributed by atoms with Crippen LogP contribution >= 0.6 is 0 Å². The number of alkyl halides is 2. The van der Waals surface area contributed by atoms with E-state index in [1.165, 1.54) is 0 Å². The Morgan fingerprint density at radius 1 is 0.821 bits per heavy atom. The number of hydrogen-bond acceptors (Lipinski definition) is 3. The minimum Gasteiger partial charge on any atom is -0.428 e. The second-order valence-corrected chi connectivity index (χ2v) is 9.53. The molecule has 1 aliphatic heterocycles. The quantitative estimate of drug-likeness (QED) is 0.150. The first-order valence-electron chi connectivity index (χ1n) is 12.6. The lowest BCUT2D eigenvalue weighted by molar-refractivity contribution is -0.206. The Morgan fingerprint density at radius 2 is 1.44 bits per heavy atom. The van der Waals surface area contributed by atoms with Gasteiger partial charge in [0.15, 0.2) is 23.7 Å². The van der Waals surface area contributed by atoms with Crippen molar-refractivity contribution in [3.05, 3.63) is 88.2 Å². The van der Waals surface area contributed by atoms with Gasteiger partial charge in [-0.2, -0.15) is 8.78 Å². The van der Waals surface area contributed by atoms with Crippen LogP contribution in [0.1, 0.15) is 55.6 Å². The molecule has 3 aromatic carbocycles. The summed E-state index contributed by atoms with van der Waals surface area (Å²) < 4.78 is 116. The summed E-state index contributed by atoms with van der Waals surface area (Å²) in [7, 11) is 0. The zero-order chi connectivity index (χ0) is 28.3. The maximum absolute atomic E-state index is 14.8. The highest BCUT2D eigenvalue weighted by Crippen LogP contribution is 2.39. The lowest BCUT2D eigenvalue weighted by Gasteiger charge is -2.29. The third-order valence-electron chi connectivity index (χ3n) is 6.63. The predicted octanol–water partition coefficient (Wildman–Crippen LogP) is 8.73. The van der Waals surface area contributed by atoms with Gasteiger partial charge < -0.3 is 14.2 Å². The van der Waals surface area contributed by atoms with Crippen molar-refractivity contribution in [2.24, 2.45) is 5.92 Å². The van der Waals surface area contributed by atoms with E-state index in [0.29, 0.717) is 42.4 Å². The third kappa shape index (κ3) is 6.38.